The van der Waals surface area contributed by atoms with Gasteiger partial charge in [0.05, 0.1) is 12.6 Å². The minimum absolute atomic E-state index is 0.360. The summed E-state index contributed by atoms with van der Waals surface area (Å²) in [6.07, 6.45) is 1.03. The lowest BCUT2D eigenvalue weighted by Crippen LogP contribution is -2.25. The standard InChI is InChI=1S/C9H15N3O2/c1-3-7-4-14-6-9-11-10-8(5-13-2)12(7)9/h7H,3-6H2,1-2H3. The van der Waals surface area contributed by atoms with Gasteiger partial charge in [0.25, 0.3) is 0 Å². The molecule has 0 bridgehead atoms. The Balaban J connectivity index is 2.31. The van der Waals surface area contributed by atoms with Crippen LogP contribution in [0, 0.1) is 0 Å². The molecule has 14 heavy (non-hydrogen) atoms. The van der Waals surface area contributed by atoms with E-state index in [1.807, 2.05) is 0 Å². The van der Waals surface area contributed by atoms with Crippen LogP contribution in [0.25, 0.3) is 0 Å². The highest BCUT2D eigenvalue weighted by molar-refractivity contribution is 4.99. The van der Waals surface area contributed by atoms with Gasteiger partial charge >= 0.3 is 0 Å². The smallest absolute Gasteiger partial charge is 0.159 e. The lowest BCUT2D eigenvalue weighted by atomic mass is 10.2. The number of hydrogen-bond donors (Lipinski definition) is 0. The molecule has 2 rings (SSSR count). The van der Waals surface area contributed by atoms with Crippen molar-refractivity contribution in [2.24, 2.45) is 0 Å². The van der Waals surface area contributed by atoms with E-state index in [-0.39, 0.29) is 0 Å². The van der Waals surface area contributed by atoms with Gasteiger partial charge in [0.2, 0.25) is 0 Å². The molecular weight excluding hydrogens is 182 g/mol. The molecule has 1 aromatic rings. The molecule has 1 unspecified atom stereocenters. The minimum atomic E-state index is 0.360. The molecule has 1 aromatic heterocycles. The topological polar surface area (TPSA) is 49.2 Å². The van der Waals surface area contributed by atoms with E-state index in [9.17, 15) is 0 Å². The van der Waals surface area contributed by atoms with E-state index in [4.69, 9.17) is 9.47 Å². The van der Waals surface area contributed by atoms with Crippen LogP contribution in [0.5, 0.6) is 0 Å². The molecule has 78 valence electrons. The Morgan fingerprint density at radius 1 is 1.57 bits per heavy atom. The number of fused-ring (bicyclic) bond motifs is 1. The fourth-order valence-corrected chi connectivity index (χ4v) is 1.77. The first-order valence-electron chi connectivity index (χ1n) is 4.86. The van der Waals surface area contributed by atoms with E-state index in [0.29, 0.717) is 19.3 Å². The van der Waals surface area contributed by atoms with Crippen LogP contribution in [0.2, 0.25) is 0 Å². The average molecular weight is 197 g/mol. The van der Waals surface area contributed by atoms with Crippen molar-refractivity contribution in [1.82, 2.24) is 14.8 Å². The van der Waals surface area contributed by atoms with Gasteiger partial charge in [0.15, 0.2) is 11.6 Å². The Hall–Kier alpha value is -0.940. The summed E-state index contributed by atoms with van der Waals surface area (Å²) in [5.41, 5.74) is 0. The van der Waals surface area contributed by atoms with Crippen molar-refractivity contribution in [2.45, 2.75) is 32.6 Å². The zero-order chi connectivity index (χ0) is 9.97. The van der Waals surface area contributed by atoms with Crippen LogP contribution < -0.4 is 0 Å². The van der Waals surface area contributed by atoms with Crippen molar-refractivity contribution in [1.29, 1.82) is 0 Å². The fraction of sp³-hybridized carbons (Fsp3) is 0.778. The first-order chi connectivity index (χ1) is 6.86. The van der Waals surface area contributed by atoms with Gasteiger partial charge in [-0.05, 0) is 6.42 Å². The van der Waals surface area contributed by atoms with E-state index in [1.54, 1.807) is 7.11 Å². The van der Waals surface area contributed by atoms with E-state index in [2.05, 4.69) is 21.7 Å². The third-order valence-electron chi connectivity index (χ3n) is 2.49. The molecule has 5 nitrogen and oxygen atoms in total. The summed E-state index contributed by atoms with van der Waals surface area (Å²) in [7, 11) is 1.67. The monoisotopic (exact) mass is 197 g/mol. The number of hydrogen-bond acceptors (Lipinski definition) is 4. The van der Waals surface area contributed by atoms with Gasteiger partial charge < -0.3 is 14.0 Å². The second-order valence-electron chi connectivity index (χ2n) is 3.41. The van der Waals surface area contributed by atoms with Gasteiger partial charge in [-0.2, -0.15) is 0 Å². The molecule has 1 aliphatic rings. The molecule has 0 amide bonds. The van der Waals surface area contributed by atoms with Crippen molar-refractivity contribution in [3.05, 3.63) is 11.6 Å². The summed E-state index contributed by atoms with van der Waals surface area (Å²) in [6, 6.07) is 0.360. The molecule has 0 radical (unpaired) electrons. The molecule has 0 N–H and O–H groups in total. The summed E-state index contributed by atoms with van der Waals surface area (Å²) >= 11 is 0. The third-order valence-corrected chi connectivity index (χ3v) is 2.49. The number of ether oxygens (including phenoxy) is 2. The van der Waals surface area contributed by atoms with Gasteiger partial charge in [0.1, 0.15) is 13.2 Å². The molecule has 1 aliphatic heterocycles. The molecule has 5 heteroatoms. The molecule has 0 spiro atoms. The van der Waals surface area contributed by atoms with Gasteiger partial charge in [-0.3, -0.25) is 0 Å². The van der Waals surface area contributed by atoms with Gasteiger partial charge in [-0.25, -0.2) is 0 Å². The second kappa shape index (κ2) is 4.06. The third kappa shape index (κ3) is 1.53. The van der Waals surface area contributed by atoms with E-state index >= 15 is 0 Å². The largest absolute Gasteiger partial charge is 0.377 e. The highest BCUT2D eigenvalue weighted by Gasteiger charge is 2.23. The quantitative estimate of drug-likeness (QED) is 0.722. The van der Waals surface area contributed by atoms with Gasteiger partial charge in [-0.1, -0.05) is 6.92 Å². The molecular formula is C9H15N3O2. The van der Waals surface area contributed by atoms with Crippen LogP contribution in [0.1, 0.15) is 31.0 Å². The van der Waals surface area contributed by atoms with Gasteiger partial charge in [-0.15, -0.1) is 10.2 Å². The number of nitrogens with zero attached hydrogens (tertiary/aromatic N) is 3. The van der Waals surface area contributed by atoms with E-state index in [1.165, 1.54) is 0 Å². The maximum atomic E-state index is 5.43. The van der Waals surface area contributed by atoms with Gasteiger partial charge in [0, 0.05) is 7.11 Å². The Morgan fingerprint density at radius 3 is 3.14 bits per heavy atom. The van der Waals surface area contributed by atoms with Crippen LogP contribution in [0.3, 0.4) is 0 Å². The van der Waals surface area contributed by atoms with Crippen LogP contribution in [0.4, 0.5) is 0 Å². The zero-order valence-corrected chi connectivity index (χ0v) is 8.56. The van der Waals surface area contributed by atoms with Crippen LogP contribution in [-0.4, -0.2) is 28.5 Å². The maximum Gasteiger partial charge on any atom is 0.159 e. The number of rotatable bonds is 3. The number of aromatic nitrogens is 3. The normalized spacial score (nSPS) is 20.9. The Kier molecular flexibility index (Phi) is 2.79. The molecule has 0 saturated carbocycles. The minimum Gasteiger partial charge on any atom is -0.377 e. The Bertz CT molecular complexity index is 311. The summed E-state index contributed by atoms with van der Waals surface area (Å²) < 4.78 is 12.7. The average Bonchev–Trinajstić information content (AvgIpc) is 2.62. The molecule has 0 aliphatic carbocycles. The molecule has 0 saturated heterocycles. The predicted molar refractivity (Wildman–Crippen MR) is 49.7 cm³/mol. The lowest BCUT2D eigenvalue weighted by Gasteiger charge is -2.24. The summed E-state index contributed by atoms with van der Waals surface area (Å²) in [4.78, 5) is 0. The SMILES string of the molecule is CCC1COCc2nnc(COC)n21. The first-order valence-corrected chi connectivity index (χ1v) is 4.86. The maximum absolute atomic E-state index is 5.43. The molecule has 0 aromatic carbocycles. The van der Waals surface area contributed by atoms with Crippen LogP contribution >= 0.6 is 0 Å². The summed E-state index contributed by atoms with van der Waals surface area (Å²) in [5, 5.41) is 8.18. The molecule has 2 heterocycles. The van der Waals surface area contributed by atoms with E-state index in [0.717, 1.165) is 24.7 Å². The highest BCUT2D eigenvalue weighted by atomic mass is 16.5. The van der Waals surface area contributed by atoms with E-state index < -0.39 is 0 Å². The van der Waals surface area contributed by atoms with Crippen molar-refractivity contribution >= 4 is 0 Å². The highest BCUT2D eigenvalue weighted by Crippen LogP contribution is 2.22. The van der Waals surface area contributed by atoms with Crippen molar-refractivity contribution in [2.75, 3.05) is 13.7 Å². The second-order valence-corrected chi connectivity index (χ2v) is 3.41. The fourth-order valence-electron chi connectivity index (χ4n) is 1.77. The van der Waals surface area contributed by atoms with Crippen molar-refractivity contribution in [3.63, 3.8) is 0 Å². The zero-order valence-electron chi connectivity index (χ0n) is 8.56. The predicted octanol–water partition coefficient (Wildman–Crippen LogP) is 0.906. The molecule has 0 fully saturated rings. The Morgan fingerprint density at radius 2 is 2.43 bits per heavy atom. The van der Waals surface area contributed by atoms with Crippen LogP contribution in [-0.2, 0) is 22.7 Å². The lowest BCUT2D eigenvalue weighted by molar-refractivity contribution is 0.0494. The Labute approximate surface area is 83.0 Å². The van der Waals surface area contributed by atoms with Crippen molar-refractivity contribution in [3.8, 4) is 0 Å². The summed E-state index contributed by atoms with van der Waals surface area (Å²) in [5.74, 6) is 1.81. The first kappa shape index (κ1) is 9.61. The summed E-state index contributed by atoms with van der Waals surface area (Å²) in [6.45, 7) is 3.97. The molecule has 1 atom stereocenters. The van der Waals surface area contributed by atoms with Crippen LogP contribution in [0.15, 0.2) is 0 Å². The number of methoxy groups -OCH3 is 1. The van der Waals surface area contributed by atoms with Crippen molar-refractivity contribution < 1.29 is 9.47 Å².